The van der Waals surface area contributed by atoms with E-state index in [2.05, 4.69) is 0 Å². The molecule has 3 aliphatic rings. The molecule has 0 radical (unpaired) electrons. The molecule has 0 spiro atoms. The van der Waals surface area contributed by atoms with Crippen LogP contribution < -0.4 is 14.4 Å². The molecule has 0 fully saturated rings. The van der Waals surface area contributed by atoms with Gasteiger partial charge in [-0.2, -0.15) is 30.0 Å². The summed E-state index contributed by atoms with van der Waals surface area (Å²) in [4.78, 5) is 33.7. The van der Waals surface area contributed by atoms with Gasteiger partial charge in [0.05, 0.1) is 14.2 Å². The number of methoxy groups -OCH3 is 2. The Labute approximate surface area is 267 Å². The van der Waals surface area contributed by atoms with Gasteiger partial charge in [-0.15, -0.1) is 0 Å². The molecule has 0 saturated heterocycles. The maximum absolute atomic E-state index is 5.52. The monoisotopic (exact) mass is 608 g/mol. The quantitative estimate of drug-likeness (QED) is 0.242. The molecule has 0 atom stereocenters. The van der Waals surface area contributed by atoms with Crippen LogP contribution in [0.15, 0.2) is 115 Å². The van der Waals surface area contributed by atoms with Crippen LogP contribution in [-0.2, 0) is 0 Å². The van der Waals surface area contributed by atoms with Crippen molar-refractivity contribution in [2.75, 3.05) is 19.1 Å². The van der Waals surface area contributed by atoms with E-state index in [1.165, 1.54) is 0 Å². The summed E-state index contributed by atoms with van der Waals surface area (Å²) < 4.78 is 11.0. The minimum atomic E-state index is 0.376. The van der Waals surface area contributed by atoms with Crippen LogP contribution in [0.2, 0.25) is 0 Å². The molecule has 228 valence electrons. The van der Waals surface area contributed by atoms with E-state index >= 15 is 0 Å². The molecule has 0 aromatic heterocycles. The lowest BCUT2D eigenvalue weighted by molar-refractivity contribution is 0.414. The van der Waals surface area contributed by atoms with E-state index in [1.807, 2.05) is 118 Å². The van der Waals surface area contributed by atoms with Gasteiger partial charge in [0, 0.05) is 22.5 Å². The van der Waals surface area contributed by atoms with Crippen molar-refractivity contribution in [3.05, 3.63) is 118 Å². The first kappa shape index (κ1) is 28.8. The summed E-state index contributed by atoms with van der Waals surface area (Å²) in [6.45, 7) is 8.09. The van der Waals surface area contributed by atoms with E-state index in [1.54, 1.807) is 19.1 Å². The smallest absolute Gasteiger partial charge is 0.244 e. The number of nitrogens with zero attached hydrogens (tertiary/aromatic N) is 8. The van der Waals surface area contributed by atoms with Crippen LogP contribution in [0.5, 0.6) is 11.5 Å². The van der Waals surface area contributed by atoms with Crippen molar-refractivity contribution in [2.45, 2.75) is 27.7 Å². The topological polar surface area (TPSA) is 99.1 Å². The molecule has 10 nitrogen and oxygen atoms in total. The summed E-state index contributed by atoms with van der Waals surface area (Å²) in [5, 5.41) is 0. The Bertz CT molecular complexity index is 1920. The van der Waals surface area contributed by atoms with Crippen LogP contribution in [0.1, 0.15) is 33.4 Å². The Morgan fingerprint density at radius 3 is 1.30 bits per heavy atom. The second kappa shape index (κ2) is 11.6. The summed E-state index contributed by atoms with van der Waals surface area (Å²) >= 11 is 0. The van der Waals surface area contributed by atoms with Crippen molar-refractivity contribution in [2.24, 2.45) is 30.0 Å². The summed E-state index contributed by atoms with van der Waals surface area (Å²) in [5.74, 6) is 4.11. The number of benzene rings is 4. The van der Waals surface area contributed by atoms with Gasteiger partial charge in [-0.1, -0.05) is 36.4 Å². The third-order valence-electron chi connectivity index (χ3n) is 7.98. The first-order chi connectivity index (χ1) is 22.3. The zero-order valence-electron chi connectivity index (χ0n) is 26.5. The summed E-state index contributed by atoms with van der Waals surface area (Å²) in [7, 11) is 3.32. The van der Waals surface area contributed by atoms with E-state index in [4.69, 9.17) is 39.4 Å². The van der Waals surface area contributed by atoms with Gasteiger partial charge in [0.1, 0.15) is 11.5 Å². The molecule has 3 aliphatic heterocycles. The Kier molecular flexibility index (Phi) is 7.24. The van der Waals surface area contributed by atoms with E-state index < -0.39 is 0 Å². The van der Waals surface area contributed by atoms with Crippen LogP contribution in [0.4, 0.5) is 11.4 Å². The highest BCUT2D eigenvalue weighted by Gasteiger charge is 2.37. The van der Waals surface area contributed by atoms with Crippen molar-refractivity contribution in [3.8, 4) is 11.5 Å². The lowest BCUT2D eigenvalue weighted by Gasteiger charge is -2.33. The minimum Gasteiger partial charge on any atom is -0.497 e. The van der Waals surface area contributed by atoms with Gasteiger partial charge in [0.15, 0.2) is 11.7 Å². The van der Waals surface area contributed by atoms with Crippen LogP contribution in [0.25, 0.3) is 0 Å². The maximum Gasteiger partial charge on any atom is 0.244 e. The lowest BCUT2D eigenvalue weighted by Crippen LogP contribution is -2.49. The normalized spacial score (nSPS) is 15.0. The molecular weight excluding hydrogens is 576 g/mol. The molecule has 4 aromatic carbocycles. The SMILES string of the molecule is COc1cc(C)c(C2=NC3=NC(c4c(C)cc(OC)cc4C)=NC4=NC(N(c5ccccc5)c5ccccc5)=NC(=N2)N34)c(C)c1. The van der Waals surface area contributed by atoms with E-state index in [9.17, 15) is 0 Å². The van der Waals surface area contributed by atoms with Crippen molar-refractivity contribution in [3.63, 3.8) is 0 Å². The van der Waals surface area contributed by atoms with E-state index in [-0.39, 0.29) is 0 Å². The van der Waals surface area contributed by atoms with Crippen molar-refractivity contribution < 1.29 is 9.47 Å². The average molecular weight is 609 g/mol. The zero-order valence-corrected chi connectivity index (χ0v) is 26.5. The zero-order chi connectivity index (χ0) is 31.9. The fourth-order valence-electron chi connectivity index (χ4n) is 5.92. The number of hydrogen-bond donors (Lipinski definition) is 0. The molecular formula is C36H32N8O2. The third kappa shape index (κ3) is 5.03. The molecule has 46 heavy (non-hydrogen) atoms. The predicted octanol–water partition coefficient (Wildman–Crippen LogP) is 6.74. The highest BCUT2D eigenvalue weighted by atomic mass is 16.5. The summed E-state index contributed by atoms with van der Waals surface area (Å²) in [6.07, 6.45) is 0. The number of anilines is 2. The second-order valence-corrected chi connectivity index (χ2v) is 11.1. The molecule has 4 aromatic rings. The average Bonchev–Trinajstić information content (AvgIpc) is 3.05. The van der Waals surface area contributed by atoms with Gasteiger partial charge in [-0.25, -0.2) is 4.90 Å². The maximum atomic E-state index is 5.52. The molecule has 3 heterocycles. The van der Waals surface area contributed by atoms with Crippen LogP contribution in [-0.4, -0.2) is 54.6 Å². The van der Waals surface area contributed by atoms with Crippen molar-refractivity contribution in [1.82, 2.24) is 4.90 Å². The Hall–Kier alpha value is -5.90. The van der Waals surface area contributed by atoms with Crippen molar-refractivity contribution in [1.29, 1.82) is 0 Å². The van der Waals surface area contributed by atoms with Crippen molar-refractivity contribution >= 4 is 46.9 Å². The van der Waals surface area contributed by atoms with Gasteiger partial charge in [-0.05, 0) is 98.5 Å². The first-order valence-electron chi connectivity index (χ1n) is 14.9. The number of guanidine groups is 4. The van der Waals surface area contributed by atoms with E-state index in [0.717, 1.165) is 56.3 Å². The molecule has 0 unspecified atom stereocenters. The molecule has 0 aliphatic carbocycles. The second-order valence-electron chi connectivity index (χ2n) is 11.1. The molecule has 0 amide bonds. The van der Waals surface area contributed by atoms with Gasteiger partial charge in [0.25, 0.3) is 0 Å². The molecule has 0 N–H and O–H groups in total. The van der Waals surface area contributed by atoms with Gasteiger partial charge < -0.3 is 9.47 Å². The van der Waals surface area contributed by atoms with E-state index in [0.29, 0.717) is 35.5 Å². The molecule has 7 rings (SSSR count). The fourth-order valence-corrected chi connectivity index (χ4v) is 5.92. The van der Waals surface area contributed by atoms with Crippen LogP contribution in [0, 0.1) is 27.7 Å². The van der Waals surface area contributed by atoms with Crippen LogP contribution >= 0.6 is 0 Å². The third-order valence-corrected chi connectivity index (χ3v) is 7.98. The Morgan fingerprint density at radius 1 is 0.500 bits per heavy atom. The predicted molar refractivity (Wildman–Crippen MR) is 185 cm³/mol. The Balaban J connectivity index is 1.47. The number of amidine groups is 2. The highest BCUT2D eigenvalue weighted by Crippen LogP contribution is 2.31. The number of rotatable bonds is 6. The number of hydrogen-bond acceptors (Lipinski definition) is 10. The number of para-hydroxylation sites is 2. The fraction of sp³-hybridized carbons (Fsp3) is 0.167. The largest absolute Gasteiger partial charge is 0.497 e. The van der Waals surface area contributed by atoms with Gasteiger partial charge in [-0.3, -0.25) is 4.90 Å². The number of aliphatic imine (C=N–C) groups is 6. The van der Waals surface area contributed by atoms with Gasteiger partial charge >= 0.3 is 0 Å². The molecule has 0 bridgehead atoms. The van der Waals surface area contributed by atoms with Gasteiger partial charge in [0.2, 0.25) is 23.8 Å². The molecule has 0 saturated carbocycles. The number of aryl methyl sites for hydroxylation is 4. The summed E-state index contributed by atoms with van der Waals surface area (Å²) in [5.41, 5.74) is 7.48. The minimum absolute atomic E-state index is 0.376. The van der Waals surface area contributed by atoms with Crippen LogP contribution in [0.3, 0.4) is 0 Å². The first-order valence-corrected chi connectivity index (χ1v) is 14.9. The highest BCUT2D eigenvalue weighted by molar-refractivity contribution is 6.34. The summed E-state index contributed by atoms with van der Waals surface area (Å²) in [6, 6.07) is 27.9. The number of ether oxygens (including phenoxy) is 2. The lowest BCUT2D eigenvalue weighted by atomic mass is 10.0. The standard InChI is InChI=1S/C36H32N8O2/c1-21-17-27(45-5)18-22(2)29(21)31-37-33-38-32(30-23(3)19-28(46-6)20-24(30)4)40-35-42-36(41-34(39-31)44(33)35)43(25-13-9-7-10-14-25)26-15-11-8-12-16-26/h7-20H,1-6H3. The molecule has 10 heteroatoms. The Morgan fingerprint density at radius 2 is 0.891 bits per heavy atom.